The number of non-ortho nitro benzene ring substituents is 1. The molecule has 0 spiro atoms. The van der Waals surface area contributed by atoms with Crippen molar-refractivity contribution >= 4 is 29.4 Å². The van der Waals surface area contributed by atoms with Gasteiger partial charge in [-0.05, 0) is 36.1 Å². The minimum Gasteiger partial charge on any atom is -0.258 e. The number of hydrogen-bond acceptors (Lipinski definition) is 4. The molecule has 2 rings (SSSR count). The molecule has 0 heterocycles. The van der Waals surface area contributed by atoms with Crippen LogP contribution in [-0.2, 0) is 0 Å². The summed E-state index contributed by atoms with van der Waals surface area (Å²) in [5.41, 5.74) is 1.76. The summed E-state index contributed by atoms with van der Waals surface area (Å²) >= 11 is 1.69. The lowest BCUT2D eigenvalue weighted by Crippen LogP contribution is -1.85. The molecule has 0 N–H and O–H groups in total. The minimum absolute atomic E-state index is 0.0725. The van der Waals surface area contributed by atoms with Crippen molar-refractivity contribution in [1.29, 1.82) is 0 Å². The molecule has 96 valence electrons. The summed E-state index contributed by atoms with van der Waals surface area (Å²) in [6.45, 7) is 0. The van der Waals surface area contributed by atoms with Gasteiger partial charge in [-0.15, -0.1) is 11.8 Å². The lowest BCUT2D eigenvalue weighted by molar-refractivity contribution is -0.384. The Labute approximate surface area is 115 Å². The van der Waals surface area contributed by atoms with Gasteiger partial charge in [0.25, 0.3) is 5.69 Å². The van der Waals surface area contributed by atoms with E-state index < -0.39 is 4.92 Å². The van der Waals surface area contributed by atoms with Gasteiger partial charge in [0.1, 0.15) is 0 Å². The van der Waals surface area contributed by atoms with E-state index in [1.165, 1.54) is 17.0 Å². The molecule has 0 saturated carbocycles. The second kappa shape index (κ2) is 6.15. The average Bonchev–Trinajstić information content (AvgIpc) is 2.46. The van der Waals surface area contributed by atoms with Gasteiger partial charge in [-0.3, -0.25) is 15.1 Å². The average molecular weight is 272 g/mol. The molecular formula is C14H12N2O2S. The van der Waals surface area contributed by atoms with Gasteiger partial charge >= 0.3 is 0 Å². The first kappa shape index (κ1) is 13.3. The molecule has 0 bridgehead atoms. The van der Waals surface area contributed by atoms with Crippen LogP contribution in [0.3, 0.4) is 0 Å². The zero-order chi connectivity index (χ0) is 13.7. The molecule has 0 aliphatic carbocycles. The standard InChI is InChI=1S/C14H12N2O2S/c1-19-14-8-2-11(3-9-14)10-15-12-4-6-13(7-5-12)16(17)18/h2-10H,1H3. The topological polar surface area (TPSA) is 55.5 Å². The number of hydrogen-bond donors (Lipinski definition) is 0. The number of benzene rings is 2. The van der Waals surface area contributed by atoms with Gasteiger partial charge in [-0.25, -0.2) is 0 Å². The highest BCUT2D eigenvalue weighted by molar-refractivity contribution is 7.98. The molecule has 0 radical (unpaired) electrons. The van der Waals surface area contributed by atoms with Crippen molar-refractivity contribution in [3.63, 3.8) is 0 Å². The predicted molar refractivity (Wildman–Crippen MR) is 78.6 cm³/mol. The second-order valence-electron chi connectivity index (χ2n) is 3.80. The fourth-order valence-corrected chi connectivity index (χ4v) is 1.91. The van der Waals surface area contributed by atoms with Gasteiger partial charge in [0.15, 0.2) is 0 Å². The first-order chi connectivity index (χ1) is 9.19. The molecule has 4 nitrogen and oxygen atoms in total. The van der Waals surface area contributed by atoms with E-state index in [-0.39, 0.29) is 5.69 Å². The van der Waals surface area contributed by atoms with E-state index in [0.29, 0.717) is 5.69 Å². The van der Waals surface area contributed by atoms with Crippen LogP contribution in [0.2, 0.25) is 0 Å². The van der Waals surface area contributed by atoms with Gasteiger partial charge in [-0.1, -0.05) is 12.1 Å². The molecule has 0 aliphatic rings. The fraction of sp³-hybridized carbons (Fsp3) is 0.0714. The third kappa shape index (κ3) is 3.66. The largest absolute Gasteiger partial charge is 0.269 e. The van der Waals surface area contributed by atoms with Gasteiger partial charge in [0.05, 0.1) is 10.6 Å². The molecule has 0 saturated heterocycles. The fourth-order valence-electron chi connectivity index (χ4n) is 1.50. The first-order valence-corrected chi connectivity index (χ1v) is 6.84. The zero-order valence-electron chi connectivity index (χ0n) is 10.3. The molecular weight excluding hydrogens is 260 g/mol. The highest BCUT2D eigenvalue weighted by Gasteiger charge is 2.02. The Balaban J connectivity index is 2.10. The summed E-state index contributed by atoms with van der Waals surface area (Å²) in [7, 11) is 0. The molecule has 19 heavy (non-hydrogen) atoms. The number of aliphatic imine (C=N–C) groups is 1. The Morgan fingerprint density at radius 1 is 1.11 bits per heavy atom. The Hall–Kier alpha value is -2.14. The molecule has 0 amide bonds. The molecule has 0 unspecified atom stereocenters. The summed E-state index contributed by atoms with van der Waals surface area (Å²) in [6.07, 6.45) is 3.77. The Morgan fingerprint density at radius 3 is 2.26 bits per heavy atom. The summed E-state index contributed by atoms with van der Waals surface area (Å²) in [5, 5.41) is 10.5. The number of nitro groups is 1. The molecule has 5 heteroatoms. The molecule has 2 aromatic carbocycles. The summed E-state index contributed by atoms with van der Waals surface area (Å²) < 4.78 is 0. The van der Waals surface area contributed by atoms with Crippen LogP contribution in [-0.4, -0.2) is 17.4 Å². The summed E-state index contributed by atoms with van der Waals surface area (Å²) in [6, 6.07) is 14.2. The third-order valence-corrected chi connectivity index (χ3v) is 3.28. The van der Waals surface area contributed by atoms with Crippen molar-refractivity contribution < 1.29 is 4.92 Å². The highest BCUT2D eigenvalue weighted by Crippen LogP contribution is 2.18. The maximum absolute atomic E-state index is 10.5. The van der Waals surface area contributed by atoms with E-state index >= 15 is 0 Å². The maximum atomic E-state index is 10.5. The van der Waals surface area contributed by atoms with Crippen LogP contribution in [0.15, 0.2) is 58.4 Å². The molecule has 0 aromatic heterocycles. The summed E-state index contributed by atoms with van der Waals surface area (Å²) in [4.78, 5) is 15.6. The van der Waals surface area contributed by atoms with Crippen LogP contribution in [0.1, 0.15) is 5.56 Å². The van der Waals surface area contributed by atoms with E-state index in [1.807, 2.05) is 30.5 Å². The van der Waals surface area contributed by atoms with Crippen molar-refractivity contribution in [2.24, 2.45) is 4.99 Å². The number of rotatable bonds is 4. The number of nitro benzene ring substituents is 1. The van der Waals surface area contributed by atoms with E-state index in [0.717, 1.165) is 5.56 Å². The lowest BCUT2D eigenvalue weighted by Gasteiger charge is -1.97. The van der Waals surface area contributed by atoms with E-state index in [9.17, 15) is 10.1 Å². The summed E-state index contributed by atoms with van der Waals surface area (Å²) in [5.74, 6) is 0. The van der Waals surface area contributed by atoms with Crippen molar-refractivity contribution in [3.05, 3.63) is 64.2 Å². The zero-order valence-corrected chi connectivity index (χ0v) is 11.1. The van der Waals surface area contributed by atoms with Crippen LogP contribution in [0.25, 0.3) is 0 Å². The minimum atomic E-state index is -0.422. The van der Waals surface area contributed by atoms with Crippen molar-refractivity contribution in [2.45, 2.75) is 4.90 Å². The Kier molecular flexibility index (Phi) is 4.30. The van der Waals surface area contributed by atoms with Crippen molar-refractivity contribution in [1.82, 2.24) is 0 Å². The van der Waals surface area contributed by atoms with Crippen LogP contribution in [0.5, 0.6) is 0 Å². The molecule has 0 fully saturated rings. The molecule has 0 aliphatic heterocycles. The monoisotopic (exact) mass is 272 g/mol. The maximum Gasteiger partial charge on any atom is 0.269 e. The third-order valence-electron chi connectivity index (χ3n) is 2.54. The lowest BCUT2D eigenvalue weighted by atomic mass is 10.2. The van der Waals surface area contributed by atoms with Crippen LogP contribution >= 0.6 is 11.8 Å². The van der Waals surface area contributed by atoms with Crippen LogP contribution < -0.4 is 0 Å². The van der Waals surface area contributed by atoms with Crippen LogP contribution in [0, 0.1) is 10.1 Å². The van der Waals surface area contributed by atoms with E-state index in [1.54, 1.807) is 30.1 Å². The quantitative estimate of drug-likeness (QED) is 0.365. The van der Waals surface area contributed by atoms with Gasteiger partial charge < -0.3 is 0 Å². The first-order valence-electron chi connectivity index (χ1n) is 5.61. The second-order valence-corrected chi connectivity index (χ2v) is 4.68. The number of nitrogens with zero attached hydrogens (tertiary/aromatic N) is 2. The van der Waals surface area contributed by atoms with Crippen molar-refractivity contribution in [3.8, 4) is 0 Å². The Morgan fingerprint density at radius 2 is 1.74 bits per heavy atom. The van der Waals surface area contributed by atoms with E-state index in [2.05, 4.69) is 4.99 Å². The van der Waals surface area contributed by atoms with Gasteiger partial charge in [-0.2, -0.15) is 0 Å². The number of thioether (sulfide) groups is 1. The normalized spacial score (nSPS) is 10.8. The molecule has 2 aromatic rings. The molecule has 0 atom stereocenters. The SMILES string of the molecule is CSc1ccc(C=Nc2ccc([N+](=O)[O-])cc2)cc1. The smallest absolute Gasteiger partial charge is 0.258 e. The van der Waals surface area contributed by atoms with Gasteiger partial charge in [0, 0.05) is 23.2 Å². The van der Waals surface area contributed by atoms with E-state index in [4.69, 9.17) is 0 Å². The Bertz CT molecular complexity index is 592. The van der Waals surface area contributed by atoms with Crippen LogP contribution in [0.4, 0.5) is 11.4 Å². The van der Waals surface area contributed by atoms with Crippen molar-refractivity contribution in [2.75, 3.05) is 6.26 Å². The van der Waals surface area contributed by atoms with Gasteiger partial charge in [0.2, 0.25) is 0 Å². The predicted octanol–water partition coefficient (Wildman–Crippen LogP) is 4.07. The highest BCUT2D eigenvalue weighted by atomic mass is 32.2.